The van der Waals surface area contributed by atoms with E-state index in [2.05, 4.69) is 231 Å². The number of anilines is 3. The Bertz CT molecular complexity index is 3390. The molecule has 0 aliphatic heterocycles. The van der Waals surface area contributed by atoms with E-state index in [1.165, 1.54) is 99.4 Å². The molecule has 0 radical (unpaired) electrons. The first-order valence-electron chi connectivity index (χ1n) is 21.5. The van der Waals surface area contributed by atoms with Crippen LogP contribution in [0.15, 0.2) is 212 Å². The summed E-state index contributed by atoms with van der Waals surface area (Å²) in [6, 6.07) is 79.8. The number of hydrogen-bond acceptors (Lipinski definition) is 1. The lowest BCUT2D eigenvalue weighted by molar-refractivity contribution is 0.660. The molecule has 10 aromatic rings. The Morgan fingerprint density at radius 3 is 1.34 bits per heavy atom. The van der Waals surface area contributed by atoms with Crippen molar-refractivity contribution in [2.75, 3.05) is 4.90 Å². The van der Waals surface area contributed by atoms with Crippen LogP contribution in [-0.4, -0.2) is 0 Å². The van der Waals surface area contributed by atoms with Crippen LogP contribution in [0, 0.1) is 0 Å². The summed E-state index contributed by atoms with van der Waals surface area (Å²) in [4.78, 5) is 2.49. The van der Waals surface area contributed by atoms with Crippen LogP contribution in [0.2, 0.25) is 0 Å². The molecule has 286 valence electrons. The highest BCUT2D eigenvalue weighted by atomic mass is 15.1. The number of benzene rings is 10. The van der Waals surface area contributed by atoms with Crippen molar-refractivity contribution in [3.63, 3.8) is 0 Å². The van der Waals surface area contributed by atoms with Crippen molar-refractivity contribution in [2.45, 2.75) is 24.7 Å². The smallest absolute Gasteiger partial charge is 0.0726 e. The molecule has 13 rings (SSSR count). The molecule has 0 fully saturated rings. The fourth-order valence-corrected chi connectivity index (χ4v) is 11.5. The van der Waals surface area contributed by atoms with Crippen LogP contribution in [0.3, 0.4) is 0 Å². The molecule has 10 aromatic carbocycles. The summed E-state index contributed by atoms with van der Waals surface area (Å²) in [6.45, 7) is 4.75. The molecule has 0 unspecified atom stereocenters. The lowest BCUT2D eigenvalue weighted by atomic mass is 9.70. The van der Waals surface area contributed by atoms with Gasteiger partial charge in [0, 0.05) is 22.5 Å². The Morgan fingerprint density at radius 2 is 0.721 bits per heavy atom. The average molecular weight is 776 g/mol. The zero-order valence-electron chi connectivity index (χ0n) is 34.2. The van der Waals surface area contributed by atoms with Crippen LogP contribution in [0.4, 0.5) is 17.1 Å². The molecule has 0 atom stereocenters. The Kier molecular flexibility index (Phi) is 7.06. The molecule has 1 nitrogen and oxygen atoms in total. The average Bonchev–Trinajstić information content (AvgIpc) is 3.87. The van der Waals surface area contributed by atoms with E-state index in [1.807, 2.05) is 0 Å². The van der Waals surface area contributed by atoms with Gasteiger partial charge in [0.25, 0.3) is 0 Å². The second-order valence-electron chi connectivity index (χ2n) is 17.6. The topological polar surface area (TPSA) is 3.24 Å². The summed E-state index contributed by atoms with van der Waals surface area (Å²) >= 11 is 0. The molecule has 3 aliphatic carbocycles. The molecule has 0 amide bonds. The maximum absolute atomic E-state index is 2.50. The van der Waals surface area contributed by atoms with Crippen LogP contribution < -0.4 is 4.90 Å². The van der Waals surface area contributed by atoms with Crippen molar-refractivity contribution in [2.24, 2.45) is 0 Å². The van der Waals surface area contributed by atoms with Gasteiger partial charge in [0.05, 0.1) is 5.41 Å². The van der Waals surface area contributed by atoms with Gasteiger partial charge < -0.3 is 4.90 Å². The van der Waals surface area contributed by atoms with E-state index in [9.17, 15) is 0 Å². The van der Waals surface area contributed by atoms with E-state index in [-0.39, 0.29) is 5.41 Å². The molecule has 0 bridgehead atoms. The quantitative estimate of drug-likeness (QED) is 0.161. The van der Waals surface area contributed by atoms with E-state index in [1.54, 1.807) is 0 Å². The Hall–Kier alpha value is -7.48. The summed E-state index contributed by atoms with van der Waals surface area (Å²) in [7, 11) is 0. The Balaban J connectivity index is 1.01. The Morgan fingerprint density at radius 1 is 0.295 bits per heavy atom. The lowest BCUT2D eigenvalue weighted by Crippen LogP contribution is -2.26. The molecule has 0 saturated heterocycles. The molecule has 0 heterocycles. The molecule has 61 heavy (non-hydrogen) atoms. The monoisotopic (exact) mass is 775 g/mol. The SMILES string of the molecule is CC1(C)c2ccccc2-c2ccc(N(c3ccc(-c4ccc5ccc6ccccc6c5c4)cc3)c3ccc4c(c3)C3(c5ccccc5-c5ccccc53)c3ccccc3-4)cc21. The van der Waals surface area contributed by atoms with Gasteiger partial charge in [0.1, 0.15) is 0 Å². The summed E-state index contributed by atoms with van der Waals surface area (Å²) in [5, 5.41) is 5.10. The predicted molar refractivity (Wildman–Crippen MR) is 255 cm³/mol. The first kappa shape index (κ1) is 34.4. The van der Waals surface area contributed by atoms with Crippen LogP contribution >= 0.6 is 0 Å². The third kappa shape index (κ3) is 4.66. The molecule has 0 N–H and O–H groups in total. The second-order valence-corrected chi connectivity index (χ2v) is 17.6. The normalized spacial score (nSPS) is 14.3. The van der Waals surface area contributed by atoms with Gasteiger partial charge in [-0.2, -0.15) is 0 Å². The molecule has 0 aromatic heterocycles. The van der Waals surface area contributed by atoms with Crippen molar-refractivity contribution in [3.05, 3.63) is 246 Å². The largest absolute Gasteiger partial charge is 0.310 e. The molecular weight excluding hydrogens is 735 g/mol. The van der Waals surface area contributed by atoms with Gasteiger partial charge in [-0.05, 0) is 142 Å². The first-order chi connectivity index (χ1) is 30.0. The van der Waals surface area contributed by atoms with E-state index in [0.29, 0.717) is 0 Å². The van der Waals surface area contributed by atoms with Crippen LogP contribution in [0.1, 0.15) is 47.2 Å². The van der Waals surface area contributed by atoms with Crippen LogP contribution in [0.5, 0.6) is 0 Å². The fourth-order valence-electron chi connectivity index (χ4n) is 11.5. The molecule has 0 saturated carbocycles. The van der Waals surface area contributed by atoms with Crippen molar-refractivity contribution in [1.29, 1.82) is 0 Å². The zero-order chi connectivity index (χ0) is 40.5. The molecular formula is C60H41N. The molecule has 1 spiro atoms. The highest BCUT2D eigenvalue weighted by Crippen LogP contribution is 2.63. The second kappa shape index (κ2) is 12.5. The van der Waals surface area contributed by atoms with Gasteiger partial charge in [0.15, 0.2) is 0 Å². The van der Waals surface area contributed by atoms with Crippen molar-refractivity contribution >= 4 is 38.6 Å². The summed E-state index contributed by atoms with van der Waals surface area (Å²) in [5.74, 6) is 0. The van der Waals surface area contributed by atoms with Crippen molar-refractivity contribution < 1.29 is 0 Å². The summed E-state index contributed by atoms with van der Waals surface area (Å²) in [5.41, 5.74) is 21.4. The number of nitrogens with zero attached hydrogens (tertiary/aromatic N) is 1. The third-order valence-corrected chi connectivity index (χ3v) is 14.3. The maximum Gasteiger partial charge on any atom is 0.0726 e. The third-order valence-electron chi connectivity index (χ3n) is 14.3. The first-order valence-corrected chi connectivity index (χ1v) is 21.5. The standard InChI is InChI=1S/C60H41N/c1-59(2)53-19-9-5-15-46(53)50-33-31-43(36-57(50)59)61(42-29-27-38(28-30-42)41-26-25-40-24-23-39-13-3-4-14-45(39)52(40)35-41)44-32-34-51-49-18-8-12-22-56(49)60(58(51)37-44)54-20-10-6-16-47(54)48-17-7-11-21-55(48)60/h3-37H,1-2H3. The predicted octanol–water partition coefficient (Wildman–Crippen LogP) is 15.8. The molecule has 1 heteroatoms. The van der Waals surface area contributed by atoms with Gasteiger partial charge in [-0.15, -0.1) is 0 Å². The van der Waals surface area contributed by atoms with Crippen molar-refractivity contribution in [1.82, 2.24) is 0 Å². The fraction of sp³-hybridized carbons (Fsp3) is 0.0667. The summed E-state index contributed by atoms with van der Waals surface area (Å²) < 4.78 is 0. The van der Waals surface area contributed by atoms with Gasteiger partial charge in [0.2, 0.25) is 0 Å². The van der Waals surface area contributed by atoms with Crippen molar-refractivity contribution in [3.8, 4) is 44.5 Å². The van der Waals surface area contributed by atoms with Crippen LogP contribution in [0.25, 0.3) is 66.1 Å². The van der Waals surface area contributed by atoms with E-state index >= 15 is 0 Å². The Labute approximate surface area is 356 Å². The van der Waals surface area contributed by atoms with E-state index in [4.69, 9.17) is 0 Å². The minimum absolute atomic E-state index is 0.126. The maximum atomic E-state index is 2.50. The number of rotatable bonds is 4. The minimum Gasteiger partial charge on any atom is -0.310 e. The van der Waals surface area contributed by atoms with E-state index in [0.717, 1.165) is 17.1 Å². The van der Waals surface area contributed by atoms with Crippen LogP contribution in [-0.2, 0) is 10.8 Å². The summed E-state index contributed by atoms with van der Waals surface area (Å²) in [6.07, 6.45) is 0. The molecule has 3 aliphatic rings. The number of hydrogen-bond donors (Lipinski definition) is 0. The van der Waals surface area contributed by atoms with Gasteiger partial charge >= 0.3 is 0 Å². The lowest BCUT2D eigenvalue weighted by Gasteiger charge is -2.32. The highest BCUT2D eigenvalue weighted by molar-refractivity contribution is 6.08. The van der Waals surface area contributed by atoms with Gasteiger partial charge in [-0.1, -0.05) is 184 Å². The van der Waals surface area contributed by atoms with Gasteiger partial charge in [-0.3, -0.25) is 0 Å². The van der Waals surface area contributed by atoms with Gasteiger partial charge in [-0.25, -0.2) is 0 Å². The highest BCUT2D eigenvalue weighted by Gasteiger charge is 2.51. The minimum atomic E-state index is -0.424. The number of fused-ring (bicyclic) bond motifs is 16. The zero-order valence-corrected chi connectivity index (χ0v) is 34.2. The van der Waals surface area contributed by atoms with E-state index < -0.39 is 5.41 Å².